The van der Waals surface area contributed by atoms with Crippen molar-refractivity contribution in [3.05, 3.63) is 95.6 Å². The molecule has 1 saturated heterocycles. The Balaban J connectivity index is 1.45. The van der Waals surface area contributed by atoms with Gasteiger partial charge in [0.05, 0.1) is 12.9 Å². The fourth-order valence-corrected chi connectivity index (χ4v) is 4.55. The minimum absolute atomic E-state index is 0.0450. The van der Waals surface area contributed by atoms with Crippen molar-refractivity contribution < 1.29 is 14.3 Å². The van der Waals surface area contributed by atoms with E-state index in [1.54, 1.807) is 55.3 Å². The zero-order chi connectivity index (χ0) is 20.9. The lowest BCUT2D eigenvalue weighted by atomic mass is 10.1. The fourth-order valence-electron chi connectivity index (χ4n) is 3.36. The number of benzene rings is 3. The highest BCUT2D eigenvalue weighted by Gasteiger charge is 2.32. The van der Waals surface area contributed by atoms with Crippen LogP contribution in [0.1, 0.15) is 26.9 Å². The van der Waals surface area contributed by atoms with Crippen LogP contribution in [0.2, 0.25) is 0 Å². The summed E-state index contributed by atoms with van der Waals surface area (Å²) >= 11 is 1.62. The monoisotopic (exact) mass is 418 g/mol. The first-order valence-electron chi connectivity index (χ1n) is 9.64. The maximum absolute atomic E-state index is 12.5. The summed E-state index contributed by atoms with van der Waals surface area (Å²) in [6, 6.07) is 24.6. The van der Waals surface area contributed by atoms with E-state index in [1.165, 1.54) is 0 Å². The quantitative estimate of drug-likeness (QED) is 0.629. The first-order valence-corrected chi connectivity index (χ1v) is 10.7. The van der Waals surface area contributed by atoms with E-state index in [0.29, 0.717) is 23.5 Å². The summed E-state index contributed by atoms with van der Waals surface area (Å²) in [5.74, 6) is 1.16. The van der Waals surface area contributed by atoms with Crippen LogP contribution in [0.3, 0.4) is 0 Å². The third kappa shape index (κ3) is 4.49. The summed E-state index contributed by atoms with van der Waals surface area (Å²) in [5.41, 5.74) is 3.39. The number of hydrogen-bond donors (Lipinski definition) is 1. The minimum Gasteiger partial charge on any atom is -0.497 e. The van der Waals surface area contributed by atoms with Gasteiger partial charge < -0.3 is 15.0 Å². The van der Waals surface area contributed by atoms with Gasteiger partial charge in [-0.25, -0.2) is 0 Å². The largest absolute Gasteiger partial charge is 0.497 e. The van der Waals surface area contributed by atoms with Gasteiger partial charge >= 0.3 is 0 Å². The van der Waals surface area contributed by atoms with Gasteiger partial charge in [0.15, 0.2) is 0 Å². The van der Waals surface area contributed by atoms with Gasteiger partial charge in [0.25, 0.3) is 5.91 Å². The predicted molar refractivity (Wildman–Crippen MR) is 120 cm³/mol. The van der Waals surface area contributed by atoms with Gasteiger partial charge in [0, 0.05) is 17.8 Å². The lowest BCUT2D eigenvalue weighted by molar-refractivity contribution is -0.128. The summed E-state index contributed by atoms with van der Waals surface area (Å²) in [4.78, 5) is 26.9. The molecule has 6 heteroatoms. The molecule has 0 aromatic heterocycles. The van der Waals surface area contributed by atoms with Crippen molar-refractivity contribution in [1.29, 1.82) is 0 Å². The molecular weight excluding hydrogens is 396 g/mol. The molecule has 152 valence electrons. The third-order valence-corrected chi connectivity index (χ3v) is 6.23. The summed E-state index contributed by atoms with van der Waals surface area (Å²) < 4.78 is 5.13. The molecule has 1 heterocycles. The van der Waals surface area contributed by atoms with Crippen molar-refractivity contribution in [2.75, 3.05) is 18.2 Å². The third-order valence-electron chi connectivity index (χ3n) is 4.97. The number of ether oxygens (including phenoxy) is 1. The molecule has 2 amide bonds. The Morgan fingerprint density at radius 2 is 1.73 bits per heavy atom. The summed E-state index contributed by atoms with van der Waals surface area (Å²) in [6.45, 7) is 0.580. The van der Waals surface area contributed by atoms with Crippen LogP contribution in [0.25, 0.3) is 0 Å². The molecule has 4 rings (SSSR count). The van der Waals surface area contributed by atoms with Crippen LogP contribution < -0.4 is 10.1 Å². The summed E-state index contributed by atoms with van der Waals surface area (Å²) in [5, 5.41) is 2.84. The summed E-state index contributed by atoms with van der Waals surface area (Å²) in [7, 11) is 1.60. The van der Waals surface area contributed by atoms with Gasteiger partial charge in [-0.1, -0.05) is 42.5 Å². The van der Waals surface area contributed by atoms with Gasteiger partial charge in [-0.2, -0.15) is 0 Å². The van der Waals surface area contributed by atoms with Gasteiger partial charge in [0.2, 0.25) is 5.91 Å². The van der Waals surface area contributed by atoms with Crippen molar-refractivity contribution in [2.45, 2.75) is 11.9 Å². The van der Waals surface area contributed by atoms with Crippen molar-refractivity contribution in [3.63, 3.8) is 0 Å². The lowest BCUT2D eigenvalue weighted by Crippen LogP contribution is -2.27. The molecule has 1 atom stereocenters. The maximum atomic E-state index is 12.5. The first-order chi connectivity index (χ1) is 14.6. The molecule has 0 radical (unpaired) electrons. The molecule has 0 spiro atoms. The second kappa shape index (κ2) is 9.05. The fraction of sp³-hybridized carbons (Fsp3) is 0.167. The van der Waals surface area contributed by atoms with E-state index in [2.05, 4.69) is 5.32 Å². The van der Waals surface area contributed by atoms with Crippen LogP contribution >= 0.6 is 11.8 Å². The molecule has 1 aliphatic heterocycles. The highest BCUT2D eigenvalue weighted by molar-refractivity contribution is 8.00. The highest BCUT2D eigenvalue weighted by atomic mass is 32.2. The number of carbonyl (C=O) groups excluding carboxylic acids is 2. The van der Waals surface area contributed by atoms with Gasteiger partial charge in [-0.15, -0.1) is 11.8 Å². The second-order valence-corrected chi connectivity index (χ2v) is 8.04. The minimum atomic E-state index is -0.178. The van der Waals surface area contributed by atoms with E-state index in [9.17, 15) is 9.59 Å². The highest BCUT2D eigenvalue weighted by Crippen LogP contribution is 2.39. The van der Waals surface area contributed by atoms with E-state index < -0.39 is 0 Å². The molecule has 0 saturated carbocycles. The van der Waals surface area contributed by atoms with Gasteiger partial charge in [0.1, 0.15) is 11.1 Å². The second-order valence-electron chi connectivity index (χ2n) is 6.98. The number of amides is 2. The molecular formula is C24H22N2O3S. The number of carbonyl (C=O) groups is 2. The van der Waals surface area contributed by atoms with Crippen LogP contribution in [0.15, 0.2) is 78.9 Å². The topological polar surface area (TPSA) is 58.6 Å². The predicted octanol–water partition coefficient (Wildman–Crippen LogP) is 4.72. The Morgan fingerprint density at radius 3 is 2.40 bits per heavy atom. The van der Waals surface area contributed by atoms with Crippen LogP contribution in [-0.4, -0.2) is 29.6 Å². The number of hydrogen-bond acceptors (Lipinski definition) is 4. The average Bonchev–Trinajstić information content (AvgIpc) is 3.15. The van der Waals surface area contributed by atoms with Crippen LogP contribution in [-0.2, 0) is 11.3 Å². The number of methoxy groups -OCH3 is 1. The van der Waals surface area contributed by atoms with Crippen molar-refractivity contribution in [3.8, 4) is 5.75 Å². The number of thioether (sulfide) groups is 1. The molecule has 5 nitrogen and oxygen atoms in total. The molecule has 3 aromatic rings. The smallest absolute Gasteiger partial charge is 0.255 e. The van der Waals surface area contributed by atoms with Crippen LogP contribution in [0.4, 0.5) is 5.69 Å². The van der Waals surface area contributed by atoms with E-state index in [1.807, 2.05) is 47.4 Å². The van der Waals surface area contributed by atoms with E-state index in [0.717, 1.165) is 16.9 Å². The van der Waals surface area contributed by atoms with Crippen molar-refractivity contribution in [1.82, 2.24) is 4.90 Å². The number of nitrogens with zero attached hydrogens (tertiary/aromatic N) is 1. The Kier molecular flexibility index (Phi) is 6.05. The van der Waals surface area contributed by atoms with E-state index in [4.69, 9.17) is 4.74 Å². The Labute approximate surface area is 180 Å². The summed E-state index contributed by atoms with van der Waals surface area (Å²) in [6.07, 6.45) is 0. The van der Waals surface area contributed by atoms with Gasteiger partial charge in [-0.05, 0) is 47.5 Å². The molecule has 30 heavy (non-hydrogen) atoms. The van der Waals surface area contributed by atoms with Gasteiger partial charge in [-0.3, -0.25) is 9.59 Å². The molecule has 3 aromatic carbocycles. The number of rotatable bonds is 6. The zero-order valence-electron chi connectivity index (χ0n) is 16.6. The first kappa shape index (κ1) is 20.0. The average molecular weight is 419 g/mol. The molecule has 0 bridgehead atoms. The Bertz CT molecular complexity index is 1020. The standard InChI is InChI=1S/C24H22N2O3S/c1-29-21-13-11-20(12-14-21)25-23(28)18-7-9-19(10-8-18)24-26(22(27)16-30-24)15-17-5-3-2-4-6-17/h2-14,24H,15-16H2,1H3,(H,25,28). The number of nitrogens with one attached hydrogen (secondary N) is 1. The molecule has 1 aliphatic rings. The molecule has 1 unspecified atom stereocenters. The number of anilines is 1. The van der Waals surface area contributed by atoms with E-state index in [-0.39, 0.29) is 17.2 Å². The molecule has 1 N–H and O–H groups in total. The van der Waals surface area contributed by atoms with E-state index >= 15 is 0 Å². The van der Waals surface area contributed by atoms with Crippen LogP contribution in [0.5, 0.6) is 5.75 Å². The Morgan fingerprint density at radius 1 is 1.03 bits per heavy atom. The van der Waals surface area contributed by atoms with Crippen LogP contribution in [0, 0.1) is 0 Å². The Hall–Kier alpha value is -3.25. The molecule has 1 fully saturated rings. The normalized spacial score (nSPS) is 15.8. The maximum Gasteiger partial charge on any atom is 0.255 e. The molecule has 0 aliphatic carbocycles. The zero-order valence-corrected chi connectivity index (χ0v) is 17.4. The van der Waals surface area contributed by atoms with Crippen molar-refractivity contribution >= 4 is 29.3 Å². The lowest BCUT2D eigenvalue weighted by Gasteiger charge is -2.24. The SMILES string of the molecule is COc1ccc(NC(=O)c2ccc(C3SCC(=O)N3Cc3ccccc3)cc2)cc1. The van der Waals surface area contributed by atoms with Crippen molar-refractivity contribution in [2.24, 2.45) is 0 Å².